The van der Waals surface area contributed by atoms with Crippen molar-refractivity contribution in [1.29, 1.82) is 0 Å². The SMILES string of the molecule is C=C1C(=O)CC[C@H]1C. The van der Waals surface area contributed by atoms with Gasteiger partial charge in [-0.3, -0.25) is 4.79 Å². The normalized spacial score (nSPS) is 29.4. The monoisotopic (exact) mass is 110 g/mol. The molecule has 1 heteroatoms. The summed E-state index contributed by atoms with van der Waals surface area (Å²) in [5.74, 6) is 0.708. The van der Waals surface area contributed by atoms with Crippen molar-refractivity contribution in [3.63, 3.8) is 0 Å². The summed E-state index contributed by atoms with van der Waals surface area (Å²) in [5, 5.41) is 0. The van der Waals surface area contributed by atoms with Crippen molar-refractivity contribution < 1.29 is 4.79 Å². The summed E-state index contributed by atoms with van der Waals surface area (Å²) in [6, 6.07) is 0. The Bertz CT molecular complexity index is 135. The number of Topliss-reactive ketones (excluding diaryl/α,β-unsaturated/α-hetero) is 1. The van der Waals surface area contributed by atoms with Crippen molar-refractivity contribution in [1.82, 2.24) is 0 Å². The van der Waals surface area contributed by atoms with Gasteiger partial charge in [0.15, 0.2) is 5.78 Å². The van der Waals surface area contributed by atoms with Crippen LogP contribution in [0.15, 0.2) is 12.2 Å². The molecule has 0 spiro atoms. The zero-order valence-corrected chi connectivity index (χ0v) is 5.11. The first-order valence-corrected chi connectivity index (χ1v) is 2.94. The molecule has 0 heterocycles. The summed E-state index contributed by atoms with van der Waals surface area (Å²) in [5.41, 5.74) is 0.824. The maximum Gasteiger partial charge on any atom is 0.158 e. The van der Waals surface area contributed by atoms with Gasteiger partial charge in [-0.2, -0.15) is 0 Å². The van der Waals surface area contributed by atoms with Crippen LogP contribution in [0, 0.1) is 5.92 Å². The predicted molar refractivity (Wildman–Crippen MR) is 32.5 cm³/mol. The van der Waals surface area contributed by atoms with E-state index < -0.39 is 0 Å². The van der Waals surface area contributed by atoms with Crippen molar-refractivity contribution in [2.24, 2.45) is 5.92 Å². The van der Waals surface area contributed by atoms with Crippen LogP contribution in [-0.4, -0.2) is 5.78 Å². The number of hydrogen-bond acceptors (Lipinski definition) is 1. The molecule has 0 aromatic heterocycles. The molecule has 0 radical (unpaired) electrons. The molecular formula is C7H10O. The molecule has 0 amide bonds. The lowest BCUT2D eigenvalue weighted by molar-refractivity contribution is -0.114. The molecule has 0 saturated heterocycles. The van der Waals surface area contributed by atoms with Gasteiger partial charge in [0.05, 0.1) is 0 Å². The molecule has 44 valence electrons. The van der Waals surface area contributed by atoms with E-state index in [4.69, 9.17) is 0 Å². The number of rotatable bonds is 0. The fourth-order valence-corrected chi connectivity index (χ4v) is 0.957. The lowest BCUT2D eigenvalue weighted by atomic mass is 10.1. The van der Waals surface area contributed by atoms with E-state index in [-0.39, 0.29) is 5.78 Å². The second-order valence-electron chi connectivity index (χ2n) is 2.39. The van der Waals surface area contributed by atoms with Crippen LogP contribution in [0.5, 0.6) is 0 Å². The van der Waals surface area contributed by atoms with Gasteiger partial charge in [0.25, 0.3) is 0 Å². The van der Waals surface area contributed by atoms with Crippen LogP contribution in [-0.2, 0) is 4.79 Å². The zero-order valence-electron chi connectivity index (χ0n) is 5.11. The van der Waals surface area contributed by atoms with E-state index in [0.29, 0.717) is 5.92 Å². The average molecular weight is 110 g/mol. The molecule has 1 rings (SSSR count). The van der Waals surface area contributed by atoms with Gasteiger partial charge in [-0.25, -0.2) is 0 Å². The highest BCUT2D eigenvalue weighted by Gasteiger charge is 2.21. The largest absolute Gasteiger partial charge is 0.295 e. The maximum atomic E-state index is 10.7. The first-order valence-electron chi connectivity index (χ1n) is 2.94. The summed E-state index contributed by atoms with van der Waals surface area (Å²) < 4.78 is 0. The van der Waals surface area contributed by atoms with Crippen molar-refractivity contribution in [2.45, 2.75) is 19.8 Å². The molecule has 0 unspecified atom stereocenters. The van der Waals surface area contributed by atoms with Gasteiger partial charge >= 0.3 is 0 Å². The minimum absolute atomic E-state index is 0.262. The van der Waals surface area contributed by atoms with E-state index in [1.165, 1.54) is 0 Å². The van der Waals surface area contributed by atoms with E-state index in [1.807, 2.05) is 6.92 Å². The van der Waals surface area contributed by atoms with Gasteiger partial charge in [0, 0.05) is 6.42 Å². The third-order valence-corrected chi connectivity index (χ3v) is 1.76. The van der Waals surface area contributed by atoms with Gasteiger partial charge in [-0.15, -0.1) is 0 Å². The van der Waals surface area contributed by atoms with Crippen LogP contribution in [0.3, 0.4) is 0 Å². The van der Waals surface area contributed by atoms with Gasteiger partial charge < -0.3 is 0 Å². The Kier molecular flexibility index (Phi) is 1.20. The van der Waals surface area contributed by atoms with Crippen LogP contribution in [0.1, 0.15) is 19.8 Å². The molecule has 1 nitrogen and oxygen atoms in total. The molecular weight excluding hydrogens is 100 g/mol. The highest BCUT2D eigenvalue weighted by molar-refractivity contribution is 5.97. The third-order valence-electron chi connectivity index (χ3n) is 1.76. The standard InChI is InChI=1S/C7H10O/c1-5-3-4-7(8)6(5)2/h5H,2-4H2,1H3/t5-/m1/s1. The van der Waals surface area contributed by atoms with E-state index >= 15 is 0 Å². The Balaban J connectivity index is 2.71. The van der Waals surface area contributed by atoms with Crippen LogP contribution in [0.4, 0.5) is 0 Å². The molecule has 1 fully saturated rings. The Labute approximate surface area is 49.4 Å². The molecule has 0 aromatic carbocycles. The van der Waals surface area contributed by atoms with Gasteiger partial charge in [-0.1, -0.05) is 13.5 Å². The summed E-state index contributed by atoms with van der Waals surface area (Å²) >= 11 is 0. The van der Waals surface area contributed by atoms with E-state index in [2.05, 4.69) is 6.58 Å². The first kappa shape index (κ1) is 5.54. The van der Waals surface area contributed by atoms with Gasteiger partial charge in [-0.05, 0) is 17.9 Å². The molecule has 1 aliphatic carbocycles. The van der Waals surface area contributed by atoms with Crippen molar-refractivity contribution in [2.75, 3.05) is 0 Å². The van der Waals surface area contributed by atoms with Crippen molar-refractivity contribution in [3.8, 4) is 0 Å². The number of allylic oxidation sites excluding steroid dienone is 1. The molecule has 1 saturated carbocycles. The third kappa shape index (κ3) is 0.683. The van der Waals surface area contributed by atoms with Gasteiger partial charge in [0.1, 0.15) is 0 Å². The topological polar surface area (TPSA) is 17.1 Å². The second-order valence-corrected chi connectivity index (χ2v) is 2.39. The summed E-state index contributed by atoms with van der Waals surface area (Å²) in [6.07, 6.45) is 1.73. The second kappa shape index (κ2) is 1.73. The van der Waals surface area contributed by atoms with Gasteiger partial charge in [0.2, 0.25) is 0 Å². The van der Waals surface area contributed by atoms with Crippen LogP contribution in [0.25, 0.3) is 0 Å². The summed E-state index contributed by atoms with van der Waals surface area (Å²) in [6.45, 7) is 5.72. The van der Waals surface area contributed by atoms with E-state index in [1.54, 1.807) is 0 Å². The minimum atomic E-state index is 0.262. The molecule has 0 bridgehead atoms. The smallest absolute Gasteiger partial charge is 0.158 e. The Hall–Kier alpha value is -0.590. The minimum Gasteiger partial charge on any atom is -0.295 e. The summed E-state index contributed by atoms with van der Waals surface area (Å²) in [7, 11) is 0. The summed E-state index contributed by atoms with van der Waals surface area (Å²) in [4.78, 5) is 10.7. The Morgan fingerprint density at radius 1 is 1.75 bits per heavy atom. The Morgan fingerprint density at radius 2 is 2.38 bits per heavy atom. The van der Waals surface area contributed by atoms with Crippen LogP contribution >= 0.6 is 0 Å². The molecule has 0 aromatic rings. The van der Waals surface area contributed by atoms with Crippen molar-refractivity contribution >= 4 is 5.78 Å². The first-order chi connectivity index (χ1) is 3.72. The number of carbonyl (C=O) groups excluding carboxylic acids is 1. The van der Waals surface area contributed by atoms with Crippen LogP contribution in [0.2, 0.25) is 0 Å². The van der Waals surface area contributed by atoms with E-state index in [0.717, 1.165) is 18.4 Å². The molecule has 0 N–H and O–H groups in total. The highest BCUT2D eigenvalue weighted by Crippen LogP contribution is 2.25. The predicted octanol–water partition coefficient (Wildman–Crippen LogP) is 1.54. The number of carbonyl (C=O) groups is 1. The van der Waals surface area contributed by atoms with Crippen LogP contribution < -0.4 is 0 Å². The highest BCUT2D eigenvalue weighted by atomic mass is 16.1. The lowest BCUT2D eigenvalue weighted by Gasteiger charge is -1.95. The quantitative estimate of drug-likeness (QED) is 0.432. The maximum absolute atomic E-state index is 10.7. The fraction of sp³-hybridized carbons (Fsp3) is 0.571. The Morgan fingerprint density at radius 3 is 2.50 bits per heavy atom. The zero-order chi connectivity index (χ0) is 6.15. The average Bonchev–Trinajstić information content (AvgIpc) is 1.98. The molecule has 8 heavy (non-hydrogen) atoms. The van der Waals surface area contributed by atoms with Crippen molar-refractivity contribution in [3.05, 3.63) is 12.2 Å². The van der Waals surface area contributed by atoms with E-state index in [9.17, 15) is 4.79 Å². The molecule has 1 atom stereocenters. The molecule has 1 aliphatic rings. The fourth-order valence-electron chi connectivity index (χ4n) is 0.957. The number of hydrogen-bond donors (Lipinski definition) is 0. The lowest BCUT2D eigenvalue weighted by Crippen LogP contribution is -1.93. The molecule has 0 aliphatic heterocycles. The number of ketones is 1.